The standard InChI is InChI=1S/C15H18N4O3S/c1-4-18-13(9-16-20)17-14(10(2)3)15(18)23-12-7-5-6-11(8-12)19(21)22/h5-10,20H,4H2,1-3H3. The van der Waals surface area contributed by atoms with Gasteiger partial charge in [-0.1, -0.05) is 36.8 Å². The van der Waals surface area contributed by atoms with E-state index in [0.717, 1.165) is 15.6 Å². The summed E-state index contributed by atoms with van der Waals surface area (Å²) in [6.07, 6.45) is 1.30. The van der Waals surface area contributed by atoms with Crippen molar-refractivity contribution in [3.05, 3.63) is 45.9 Å². The summed E-state index contributed by atoms with van der Waals surface area (Å²) in [6.45, 7) is 6.68. The normalized spacial score (nSPS) is 11.5. The molecule has 0 radical (unpaired) electrons. The van der Waals surface area contributed by atoms with Crippen LogP contribution in [0.25, 0.3) is 0 Å². The van der Waals surface area contributed by atoms with E-state index in [0.29, 0.717) is 12.4 Å². The molecular weight excluding hydrogens is 316 g/mol. The lowest BCUT2D eigenvalue weighted by Crippen LogP contribution is -2.02. The predicted octanol–water partition coefficient (Wildman–Crippen LogP) is 3.89. The molecule has 2 rings (SSSR count). The van der Waals surface area contributed by atoms with Gasteiger partial charge in [0.1, 0.15) is 11.2 Å². The van der Waals surface area contributed by atoms with Gasteiger partial charge < -0.3 is 9.77 Å². The Morgan fingerprint density at radius 3 is 2.83 bits per heavy atom. The van der Waals surface area contributed by atoms with Crippen molar-refractivity contribution in [3.63, 3.8) is 0 Å². The zero-order valence-electron chi connectivity index (χ0n) is 13.1. The van der Waals surface area contributed by atoms with E-state index in [1.165, 1.54) is 24.0 Å². The fourth-order valence-electron chi connectivity index (χ4n) is 2.19. The first kappa shape index (κ1) is 17.0. The first-order valence-corrected chi connectivity index (χ1v) is 7.99. The molecule has 0 aliphatic carbocycles. The number of oxime groups is 1. The van der Waals surface area contributed by atoms with Crippen LogP contribution in [0.5, 0.6) is 0 Å². The van der Waals surface area contributed by atoms with Gasteiger partial charge in [-0.25, -0.2) is 4.98 Å². The van der Waals surface area contributed by atoms with E-state index in [9.17, 15) is 10.1 Å². The summed E-state index contributed by atoms with van der Waals surface area (Å²) in [5, 5.41) is 23.7. The minimum absolute atomic E-state index is 0.0563. The van der Waals surface area contributed by atoms with Gasteiger partial charge in [0.25, 0.3) is 5.69 Å². The van der Waals surface area contributed by atoms with E-state index >= 15 is 0 Å². The van der Waals surface area contributed by atoms with Crippen LogP contribution in [0, 0.1) is 10.1 Å². The molecule has 0 aliphatic rings. The van der Waals surface area contributed by atoms with Gasteiger partial charge >= 0.3 is 0 Å². The second-order valence-electron chi connectivity index (χ2n) is 5.16. The van der Waals surface area contributed by atoms with E-state index in [1.807, 2.05) is 31.4 Å². The summed E-state index contributed by atoms with van der Waals surface area (Å²) in [5.41, 5.74) is 0.930. The number of non-ortho nitro benzene ring substituents is 1. The Balaban J connectivity index is 2.49. The van der Waals surface area contributed by atoms with Crippen LogP contribution in [0.15, 0.2) is 39.3 Å². The highest BCUT2D eigenvalue weighted by Gasteiger charge is 2.19. The van der Waals surface area contributed by atoms with Crippen molar-refractivity contribution in [1.82, 2.24) is 9.55 Å². The van der Waals surface area contributed by atoms with E-state index in [4.69, 9.17) is 5.21 Å². The Hall–Kier alpha value is -2.35. The average molecular weight is 334 g/mol. The number of imidazole rings is 1. The average Bonchev–Trinajstić information content (AvgIpc) is 2.85. The third-order valence-electron chi connectivity index (χ3n) is 3.26. The predicted molar refractivity (Wildman–Crippen MR) is 88.6 cm³/mol. The van der Waals surface area contributed by atoms with Crippen LogP contribution in [0.2, 0.25) is 0 Å². The zero-order valence-corrected chi connectivity index (χ0v) is 13.9. The molecule has 1 N–H and O–H groups in total. The monoisotopic (exact) mass is 334 g/mol. The molecule has 1 heterocycles. The minimum Gasteiger partial charge on any atom is -0.411 e. The fourth-order valence-corrected chi connectivity index (χ4v) is 3.45. The molecule has 122 valence electrons. The molecule has 0 bridgehead atoms. The van der Waals surface area contributed by atoms with Gasteiger partial charge in [0.2, 0.25) is 0 Å². The first-order valence-electron chi connectivity index (χ1n) is 7.18. The number of rotatable bonds is 6. The van der Waals surface area contributed by atoms with Crippen LogP contribution in [-0.2, 0) is 6.54 Å². The molecule has 1 aromatic carbocycles. The Morgan fingerprint density at radius 1 is 1.52 bits per heavy atom. The maximum Gasteiger partial charge on any atom is 0.270 e. The third-order valence-corrected chi connectivity index (χ3v) is 4.37. The molecule has 8 heteroatoms. The quantitative estimate of drug-likeness (QED) is 0.374. The highest BCUT2D eigenvalue weighted by atomic mass is 32.2. The zero-order chi connectivity index (χ0) is 17.0. The summed E-state index contributed by atoms with van der Waals surface area (Å²) < 4.78 is 1.93. The Morgan fingerprint density at radius 2 is 2.26 bits per heavy atom. The van der Waals surface area contributed by atoms with Crippen molar-refractivity contribution >= 4 is 23.7 Å². The van der Waals surface area contributed by atoms with Crippen molar-refractivity contribution in [1.29, 1.82) is 0 Å². The molecule has 0 unspecified atom stereocenters. The fraction of sp³-hybridized carbons (Fsp3) is 0.333. The number of nitro groups is 1. The number of nitro benzene ring substituents is 1. The SMILES string of the molecule is CCn1c(C=NO)nc(C(C)C)c1Sc1cccc([N+](=O)[O-])c1. The summed E-state index contributed by atoms with van der Waals surface area (Å²) in [6, 6.07) is 6.50. The van der Waals surface area contributed by atoms with Gasteiger partial charge in [0.05, 0.1) is 10.6 Å². The van der Waals surface area contributed by atoms with Crippen molar-refractivity contribution in [2.45, 2.75) is 43.2 Å². The molecule has 1 aromatic heterocycles. The summed E-state index contributed by atoms with van der Waals surface area (Å²) in [5.74, 6) is 0.737. The largest absolute Gasteiger partial charge is 0.411 e. The molecule has 0 saturated heterocycles. The minimum atomic E-state index is -0.408. The molecule has 2 aromatic rings. The molecule has 23 heavy (non-hydrogen) atoms. The van der Waals surface area contributed by atoms with E-state index in [2.05, 4.69) is 10.1 Å². The van der Waals surface area contributed by atoms with Crippen LogP contribution >= 0.6 is 11.8 Å². The van der Waals surface area contributed by atoms with Gasteiger partial charge in [0.15, 0.2) is 5.82 Å². The van der Waals surface area contributed by atoms with E-state index < -0.39 is 4.92 Å². The maximum atomic E-state index is 10.9. The lowest BCUT2D eigenvalue weighted by atomic mass is 10.1. The molecule has 0 aliphatic heterocycles. The number of aromatic nitrogens is 2. The molecule has 0 fully saturated rings. The molecule has 0 spiro atoms. The van der Waals surface area contributed by atoms with Gasteiger partial charge in [-0.3, -0.25) is 10.1 Å². The number of hydrogen-bond donors (Lipinski definition) is 1. The Kier molecular flexibility index (Phi) is 5.38. The molecule has 7 nitrogen and oxygen atoms in total. The lowest BCUT2D eigenvalue weighted by Gasteiger charge is -2.10. The molecule has 0 saturated carbocycles. The number of nitrogens with zero attached hydrogens (tertiary/aromatic N) is 4. The Bertz CT molecular complexity index is 740. The van der Waals surface area contributed by atoms with Crippen LogP contribution in [-0.4, -0.2) is 25.9 Å². The van der Waals surface area contributed by atoms with E-state index in [1.54, 1.807) is 12.1 Å². The maximum absolute atomic E-state index is 10.9. The van der Waals surface area contributed by atoms with Crippen molar-refractivity contribution < 1.29 is 10.1 Å². The second-order valence-corrected chi connectivity index (χ2v) is 6.22. The first-order chi connectivity index (χ1) is 11.0. The second kappa shape index (κ2) is 7.28. The molecule has 0 amide bonds. The van der Waals surface area contributed by atoms with E-state index in [-0.39, 0.29) is 11.6 Å². The lowest BCUT2D eigenvalue weighted by molar-refractivity contribution is -0.385. The van der Waals surface area contributed by atoms with Crippen LogP contribution in [0.3, 0.4) is 0 Å². The van der Waals surface area contributed by atoms with Gasteiger partial charge in [0, 0.05) is 23.6 Å². The third kappa shape index (κ3) is 3.70. The molecular formula is C15H18N4O3S. The van der Waals surface area contributed by atoms with Crippen LogP contribution in [0.4, 0.5) is 5.69 Å². The summed E-state index contributed by atoms with van der Waals surface area (Å²) in [4.78, 5) is 15.8. The van der Waals surface area contributed by atoms with Crippen molar-refractivity contribution in [2.75, 3.05) is 0 Å². The highest BCUT2D eigenvalue weighted by Crippen LogP contribution is 2.35. The number of benzene rings is 1. The van der Waals surface area contributed by atoms with Gasteiger partial charge in [-0.2, -0.15) is 0 Å². The summed E-state index contributed by atoms with van der Waals surface area (Å²) >= 11 is 1.42. The van der Waals surface area contributed by atoms with Gasteiger partial charge in [-0.15, -0.1) is 0 Å². The smallest absolute Gasteiger partial charge is 0.270 e. The van der Waals surface area contributed by atoms with Crippen LogP contribution < -0.4 is 0 Å². The number of hydrogen-bond acceptors (Lipinski definition) is 6. The van der Waals surface area contributed by atoms with Crippen molar-refractivity contribution in [2.24, 2.45) is 5.16 Å². The van der Waals surface area contributed by atoms with Crippen molar-refractivity contribution in [3.8, 4) is 0 Å². The topological polar surface area (TPSA) is 93.5 Å². The highest BCUT2D eigenvalue weighted by molar-refractivity contribution is 7.99. The van der Waals surface area contributed by atoms with Crippen LogP contribution in [0.1, 0.15) is 38.2 Å². The van der Waals surface area contributed by atoms with Gasteiger partial charge in [-0.05, 0) is 18.9 Å². The molecule has 0 atom stereocenters. The summed E-state index contributed by atoms with van der Waals surface area (Å²) in [7, 11) is 0. The Labute approximate surface area is 138 Å².